The van der Waals surface area contributed by atoms with Gasteiger partial charge in [0.15, 0.2) is 5.78 Å². The van der Waals surface area contributed by atoms with Crippen LogP contribution in [0.4, 0.5) is 0 Å². The van der Waals surface area contributed by atoms with Crippen LogP contribution in [0.15, 0.2) is 54.6 Å². The third-order valence-electron chi connectivity index (χ3n) is 5.54. The van der Waals surface area contributed by atoms with E-state index in [2.05, 4.69) is 13.8 Å². The first kappa shape index (κ1) is 21.9. The fraction of sp³-hybridized carbons (Fsp3) is 0.440. The fourth-order valence-electron chi connectivity index (χ4n) is 3.26. The van der Waals surface area contributed by atoms with Crippen molar-refractivity contribution in [2.45, 2.75) is 52.9 Å². The van der Waals surface area contributed by atoms with Gasteiger partial charge in [0.1, 0.15) is 0 Å². The summed E-state index contributed by atoms with van der Waals surface area (Å²) in [6, 6.07) is 17.4. The molecule has 0 saturated carbocycles. The number of Topliss-reactive ketones (excluding diaryl/α,β-unsaturated/α-hetero) is 1. The highest BCUT2D eigenvalue weighted by Crippen LogP contribution is 2.31. The molecule has 0 bridgehead atoms. The molecule has 0 aliphatic carbocycles. The van der Waals surface area contributed by atoms with Gasteiger partial charge in [-0.25, -0.2) is 0 Å². The number of hydrogen-bond acceptors (Lipinski definition) is 3. The summed E-state index contributed by atoms with van der Waals surface area (Å²) in [6.07, 6.45) is 2.16. The highest BCUT2D eigenvalue weighted by molar-refractivity contribution is 5.98. The molecule has 2 aromatic carbocycles. The van der Waals surface area contributed by atoms with Crippen LogP contribution in [0.2, 0.25) is 0 Å². The Balaban J connectivity index is 2.12. The molecule has 0 N–H and O–H groups in total. The fourth-order valence-corrected chi connectivity index (χ4v) is 3.26. The lowest BCUT2D eigenvalue weighted by Crippen LogP contribution is -2.23. The highest BCUT2D eigenvalue weighted by Gasteiger charge is 2.29. The second kappa shape index (κ2) is 10.8. The summed E-state index contributed by atoms with van der Waals surface area (Å²) in [5.41, 5.74) is 2.80. The first-order chi connectivity index (χ1) is 13.4. The Morgan fingerprint density at radius 3 is 2.21 bits per heavy atom. The molecule has 0 aliphatic rings. The topological polar surface area (TPSA) is 43.4 Å². The summed E-state index contributed by atoms with van der Waals surface area (Å²) in [4.78, 5) is 25.5. The molecule has 0 spiro atoms. The van der Waals surface area contributed by atoms with Crippen molar-refractivity contribution < 1.29 is 14.3 Å². The smallest absolute Gasteiger partial charge is 0.306 e. The molecule has 0 radical (unpaired) electrons. The lowest BCUT2D eigenvalue weighted by atomic mass is 9.80. The Kier molecular flexibility index (Phi) is 8.43. The van der Waals surface area contributed by atoms with Crippen molar-refractivity contribution in [1.29, 1.82) is 0 Å². The number of aryl methyl sites for hydroxylation is 1. The van der Waals surface area contributed by atoms with Crippen LogP contribution < -0.4 is 0 Å². The second-order valence-electron chi connectivity index (χ2n) is 7.76. The molecule has 0 saturated heterocycles. The number of benzene rings is 2. The minimum Gasteiger partial charge on any atom is -0.466 e. The molecule has 0 amide bonds. The normalized spacial score (nSPS) is 14.1. The van der Waals surface area contributed by atoms with Crippen molar-refractivity contribution in [1.82, 2.24) is 0 Å². The number of hydrogen-bond donors (Lipinski definition) is 0. The first-order valence-electron chi connectivity index (χ1n) is 10.2. The minimum absolute atomic E-state index is 0.0567. The molecule has 0 aliphatic heterocycles. The lowest BCUT2D eigenvalue weighted by Gasteiger charge is -2.23. The van der Waals surface area contributed by atoms with Gasteiger partial charge in [-0.15, -0.1) is 0 Å². The van der Waals surface area contributed by atoms with E-state index in [9.17, 15) is 9.59 Å². The summed E-state index contributed by atoms with van der Waals surface area (Å²) >= 11 is 0. The van der Waals surface area contributed by atoms with Crippen molar-refractivity contribution in [2.75, 3.05) is 6.61 Å². The number of rotatable bonds is 10. The zero-order valence-electron chi connectivity index (χ0n) is 17.5. The van der Waals surface area contributed by atoms with Gasteiger partial charge in [-0.05, 0) is 24.8 Å². The molecule has 150 valence electrons. The first-order valence-corrected chi connectivity index (χ1v) is 10.2. The van der Waals surface area contributed by atoms with Crippen molar-refractivity contribution in [3.8, 4) is 0 Å². The average molecular weight is 381 g/mol. The minimum atomic E-state index is -0.313. The maximum Gasteiger partial charge on any atom is 0.306 e. The molecule has 2 aromatic rings. The monoisotopic (exact) mass is 380 g/mol. The van der Waals surface area contributed by atoms with E-state index in [4.69, 9.17) is 4.74 Å². The number of esters is 1. The van der Waals surface area contributed by atoms with Crippen molar-refractivity contribution in [3.63, 3.8) is 0 Å². The SMILES string of the molecule is CC[C@@H](C)CCOC(=O)CC(c1ccccc1)C(C)C(=O)c1ccc(C)cc1. The molecular formula is C25H32O3. The molecular weight excluding hydrogens is 348 g/mol. The largest absolute Gasteiger partial charge is 0.466 e. The van der Waals surface area contributed by atoms with E-state index in [-0.39, 0.29) is 30.0 Å². The predicted molar refractivity (Wildman–Crippen MR) is 114 cm³/mol. The summed E-state index contributed by atoms with van der Waals surface area (Å²) in [5, 5.41) is 0. The molecule has 3 heteroatoms. The Morgan fingerprint density at radius 1 is 0.964 bits per heavy atom. The summed E-state index contributed by atoms with van der Waals surface area (Å²) in [6.45, 7) is 8.64. The molecule has 28 heavy (non-hydrogen) atoms. The van der Waals surface area contributed by atoms with Crippen LogP contribution in [0.5, 0.6) is 0 Å². The standard InChI is InChI=1S/C25H32O3/c1-5-18(2)15-16-28-24(26)17-23(21-9-7-6-8-10-21)20(4)25(27)22-13-11-19(3)12-14-22/h6-14,18,20,23H,5,15-17H2,1-4H3/t18-,20?,23?/m1/s1. The van der Waals surface area contributed by atoms with Gasteiger partial charge in [0.25, 0.3) is 0 Å². The number of carbonyl (C=O) groups is 2. The number of ether oxygens (including phenoxy) is 1. The quantitative estimate of drug-likeness (QED) is 0.377. The molecule has 3 nitrogen and oxygen atoms in total. The summed E-state index contributed by atoms with van der Waals surface area (Å²) in [5.74, 6) is -0.153. The van der Waals surface area contributed by atoms with Gasteiger partial charge in [-0.1, -0.05) is 87.4 Å². The highest BCUT2D eigenvalue weighted by atomic mass is 16.5. The van der Waals surface area contributed by atoms with E-state index < -0.39 is 0 Å². The van der Waals surface area contributed by atoms with Gasteiger partial charge in [0, 0.05) is 17.4 Å². The predicted octanol–water partition coefficient (Wildman–Crippen LogP) is 5.97. The Labute approximate surface area is 169 Å². The van der Waals surface area contributed by atoms with E-state index in [1.54, 1.807) is 0 Å². The van der Waals surface area contributed by atoms with Crippen LogP contribution in [0, 0.1) is 18.8 Å². The molecule has 0 heterocycles. The van der Waals surface area contributed by atoms with Crippen molar-refractivity contribution in [3.05, 3.63) is 71.3 Å². The number of carbonyl (C=O) groups excluding carboxylic acids is 2. The molecule has 3 atom stereocenters. The van der Waals surface area contributed by atoms with Crippen LogP contribution in [0.1, 0.15) is 67.4 Å². The van der Waals surface area contributed by atoms with Crippen molar-refractivity contribution >= 4 is 11.8 Å². The summed E-state index contributed by atoms with van der Waals surface area (Å²) < 4.78 is 5.47. The van der Waals surface area contributed by atoms with Crippen LogP contribution in [-0.2, 0) is 9.53 Å². The maximum atomic E-state index is 13.0. The maximum absolute atomic E-state index is 13.0. The van der Waals surface area contributed by atoms with Crippen LogP contribution in [-0.4, -0.2) is 18.4 Å². The van der Waals surface area contributed by atoms with Crippen molar-refractivity contribution in [2.24, 2.45) is 11.8 Å². The zero-order valence-corrected chi connectivity index (χ0v) is 17.5. The van der Waals surface area contributed by atoms with Gasteiger partial charge >= 0.3 is 5.97 Å². The van der Waals surface area contributed by atoms with E-state index in [1.807, 2.05) is 68.4 Å². The molecule has 2 rings (SSSR count). The van der Waals surface area contributed by atoms with Gasteiger partial charge in [0.2, 0.25) is 0 Å². The number of ketones is 1. The van der Waals surface area contributed by atoms with Gasteiger partial charge < -0.3 is 4.74 Å². The lowest BCUT2D eigenvalue weighted by molar-refractivity contribution is -0.144. The van der Waals surface area contributed by atoms with Gasteiger partial charge in [-0.3, -0.25) is 9.59 Å². The van der Waals surface area contributed by atoms with Gasteiger partial charge in [-0.2, -0.15) is 0 Å². The molecule has 0 aromatic heterocycles. The van der Waals surface area contributed by atoms with E-state index >= 15 is 0 Å². The third kappa shape index (κ3) is 6.33. The van der Waals surface area contributed by atoms with Crippen LogP contribution in [0.25, 0.3) is 0 Å². The molecule has 0 fully saturated rings. The van der Waals surface area contributed by atoms with E-state index in [0.29, 0.717) is 18.1 Å². The van der Waals surface area contributed by atoms with E-state index in [0.717, 1.165) is 24.0 Å². The zero-order chi connectivity index (χ0) is 20.5. The Morgan fingerprint density at radius 2 is 1.61 bits per heavy atom. The van der Waals surface area contributed by atoms with Crippen LogP contribution >= 0.6 is 0 Å². The van der Waals surface area contributed by atoms with E-state index in [1.165, 1.54) is 0 Å². The average Bonchev–Trinajstić information content (AvgIpc) is 2.72. The molecule has 2 unspecified atom stereocenters. The second-order valence-corrected chi connectivity index (χ2v) is 7.76. The Hall–Kier alpha value is -2.42. The Bertz CT molecular complexity index is 749. The van der Waals surface area contributed by atoms with Crippen LogP contribution in [0.3, 0.4) is 0 Å². The van der Waals surface area contributed by atoms with Gasteiger partial charge in [0.05, 0.1) is 13.0 Å². The summed E-state index contributed by atoms with van der Waals surface area (Å²) in [7, 11) is 0. The third-order valence-corrected chi connectivity index (χ3v) is 5.54.